The highest BCUT2D eigenvalue weighted by atomic mass is 19.1. The van der Waals surface area contributed by atoms with Crippen molar-refractivity contribution in [3.8, 4) is 11.8 Å². The zero-order valence-electron chi connectivity index (χ0n) is 23.3. The van der Waals surface area contributed by atoms with Crippen LogP contribution in [-0.4, -0.2) is 78.4 Å². The maximum absolute atomic E-state index is 13.5. The summed E-state index contributed by atoms with van der Waals surface area (Å²) >= 11 is 0. The van der Waals surface area contributed by atoms with E-state index in [1.807, 2.05) is 19.0 Å². The van der Waals surface area contributed by atoms with Crippen molar-refractivity contribution in [3.63, 3.8) is 0 Å². The highest BCUT2D eigenvalue weighted by Crippen LogP contribution is 2.25. The number of anilines is 3. The molecule has 3 atom stereocenters. The predicted molar refractivity (Wildman–Crippen MR) is 152 cm³/mol. The van der Waals surface area contributed by atoms with Gasteiger partial charge < -0.3 is 25.8 Å². The quantitative estimate of drug-likeness (QED) is 0.334. The van der Waals surface area contributed by atoms with Crippen molar-refractivity contribution >= 4 is 29.3 Å². The average Bonchev–Trinajstić information content (AvgIpc) is 2.91. The second-order valence-corrected chi connectivity index (χ2v) is 9.97. The highest BCUT2D eigenvalue weighted by Gasteiger charge is 2.26. The van der Waals surface area contributed by atoms with Crippen LogP contribution in [-0.2, 0) is 9.59 Å². The van der Waals surface area contributed by atoms with Crippen molar-refractivity contribution in [1.29, 1.82) is 0 Å². The fraction of sp³-hybridized carbons (Fsp3) is 0.448. The van der Waals surface area contributed by atoms with Gasteiger partial charge in [-0.3, -0.25) is 9.59 Å². The third-order valence-electron chi connectivity index (χ3n) is 6.58. The van der Waals surface area contributed by atoms with Crippen LogP contribution in [0.25, 0.3) is 0 Å². The van der Waals surface area contributed by atoms with Gasteiger partial charge in [-0.05, 0) is 58.5 Å². The molecule has 0 bridgehead atoms. The second kappa shape index (κ2) is 14.3. The summed E-state index contributed by atoms with van der Waals surface area (Å²) in [5.41, 5.74) is 1.21. The number of amides is 2. The minimum Gasteiger partial charge on any atom is -0.372 e. The van der Waals surface area contributed by atoms with Gasteiger partial charge in [0.1, 0.15) is 17.7 Å². The number of likely N-dealkylation sites (N-methyl/N-ethyl adjacent to an activating group) is 2. The number of carbonyl (C=O) groups is 2. The van der Waals surface area contributed by atoms with E-state index in [2.05, 4.69) is 37.8 Å². The molecular weight excluding hydrogens is 497 g/mol. The van der Waals surface area contributed by atoms with Crippen molar-refractivity contribution in [1.82, 2.24) is 25.1 Å². The summed E-state index contributed by atoms with van der Waals surface area (Å²) in [6, 6.07) is 5.50. The van der Waals surface area contributed by atoms with Crippen molar-refractivity contribution in [2.24, 2.45) is 5.92 Å². The van der Waals surface area contributed by atoms with Gasteiger partial charge in [0, 0.05) is 44.4 Å². The molecule has 0 saturated heterocycles. The summed E-state index contributed by atoms with van der Waals surface area (Å²) in [6.07, 6.45) is 8.43. The van der Waals surface area contributed by atoms with E-state index >= 15 is 0 Å². The van der Waals surface area contributed by atoms with Crippen molar-refractivity contribution in [2.45, 2.75) is 44.7 Å². The molecule has 1 aromatic heterocycles. The van der Waals surface area contributed by atoms with Crippen molar-refractivity contribution in [2.75, 3.05) is 45.4 Å². The van der Waals surface area contributed by atoms with E-state index in [0.29, 0.717) is 29.6 Å². The minimum absolute atomic E-state index is 0.00125. The molecule has 9 nitrogen and oxygen atoms in total. The first-order chi connectivity index (χ1) is 18.7. The summed E-state index contributed by atoms with van der Waals surface area (Å²) in [4.78, 5) is 37.5. The zero-order chi connectivity index (χ0) is 28.4. The summed E-state index contributed by atoms with van der Waals surface area (Å²) in [5.74, 6) is 6.81. The minimum atomic E-state index is -0.581. The van der Waals surface area contributed by atoms with Gasteiger partial charge in [-0.1, -0.05) is 30.4 Å². The number of aromatic nitrogens is 2. The van der Waals surface area contributed by atoms with Crippen molar-refractivity contribution < 1.29 is 14.0 Å². The molecule has 3 rings (SSSR count). The lowest BCUT2D eigenvalue weighted by Crippen LogP contribution is -2.49. The van der Waals surface area contributed by atoms with Gasteiger partial charge in [0.25, 0.3) is 0 Å². The van der Waals surface area contributed by atoms with Gasteiger partial charge in [0.2, 0.25) is 17.8 Å². The van der Waals surface area contributed by atoms with Crippen LogP contribution >= 0.6 is 0 Å². The topological polar surface area (TPSA) is 102 Å². The summed E-state index contributed by atoms with van der Waals surface area (Å²) in [5, 5.41) is 9.14. The predicted octanol–water partition coefficient (Wildman–Crippen LogP) is 3.39. The molecule has 1 aromatic carbocycles. The van der Waals surface area contributed by atoms with Crippen LogP contribution in [0.4, 0.5) is 21.8 Å². The molecule has 0 radical (unpaired) electrons. The maximum Gasteiger partial charge on any atom is 0.246 e. The Labute approximate surface area is 230 Å². The number of hydrogen-bond acceptors (Lipinski definition) is 7. The van der Waals surface area contributed by atoms with E-state index in [9.17, 15) is 14.0 Å². The van der Waals surface area contributed by atoms with Crippen LogP contribution in [0.5, 0.6) is 0 Å². The fourth-order valence-electron chi connectivity index (χ4n) is 4.22. The van der Waals surface area contributed by atoms with E-state index in [4.69, 9.17) is 0 Å². The Morgan fingerprint density at radius 2 is 2.05 bits per heavy atom. The highest BCUT2D eigenvalue weighted by molar-refractivity contribution is 5.92. The Hall–Kier alpha value is -3.97. The van der Waals surface area contributed by atoms with Crippen LogP contribution in [0.15, 0.2) is 42.6 Å². The summed E-state index contributed by atoms with van der Waals surface area (Å²) in [6.45, 7) is 2.39. The first kappa shape index (κ1) is 29.6. The van der Waals surface area contributed by atoms with Crippen LogP contribution in [0.1, 0.15) is 38.2 Å². The Balaban J connectivity index is 1.58. The smallest absolute Gasteiger partial charge is 0.246 e. The average molecular weight is 536 g/mol. The van der Waals surface area contributed by atoms with Gasteiger partial charge in [0.05, 0.1) is 11.8 Å². The first-order valence-corrected chi connectivity index (χ1v) is 13.1. The Kier molecular flexibility index (Phi) is 10.8. The Morgan fingerprint density at radius 1 is 1.26 bits per heavy atom. The molecule has 3 N–H and O–H groups in total. The van der Waals surface area contributed by atoms with Gasteiger partial charge >= 0.3 is 0 Å². The third-order valence-corrected chi connectivity index (χ3v) is 6.58. The molecule has 2 aromatic rings. The van der Waals surface area contributed by atoms with Gasteiger partial charge in [-0.15, -0.1) is 0 Å². The number of rotatable bonds is 9. The maximum atomic E-state index is 13.5. The molecule has 1 fully saturated rings. The summed E-state index contributed by atoms with van der Waals surface area (Å²) in [7, 11) is 7.25. The lowest BCUT2D eigenvalue weighted by Gasteiger charge is -2.30. The molecule has 1 aliphatic carbocycles. The Morgan fingerprint density at radius 3 is 2.77 bits per heavy atom. The molecule has 0 spiro atoms. The van der Waals surface area contributed by atoms with Crippen LogP contribution in [0.2, 0.25) is 0 Å². The molecule has 0 aliphatic heterocycles. The van der Waals surface area contributed by atoms with E-state index in [1.165, 1.54) is 23.1 Å². The Bertz CT molecular complexity index is 1240. The van der Waals surface area contributed by atoms with E-state index in [0.717, 1.165) is 25.7 Å². The molecule has 0 unspecified atom stereocenters. The number of carbonyl (C=O) groups excluding carboxylic acids is 2. The lowest BCUT2D eigenvalue weighted by atomic mass is 9.86. The van der Waals surface area contributed by atoms with Crippen LogP contribution < -0.4 is 16.0 Å². The molecule has 1 aliphatic rings. The standard InChI is InChI=1S/C29H38FN7O2/c1-20(37(5)26(38)13-8-16-36(3)4)28(39)33-24-11-6-9-21(17-24)14-15-22-19-32-29(35-27(22)31-2)34-25-12-7-10-23(30)18-25/h7-8,10,12-13,18-21,24H,6,9,11,16-17H2,1-5H3,(H,33,39)(H2,31,32,34,35)/b13-8+/t20-,21-,24-/m0/s1. The lowest BCUT2D eigenvalue weighted by molar-refractivity contribution is -0.135. The summed E-state index contributed by atoms with van der Waals surface area (Å²) < 4.78 is 13.5. The van der Waals surface area contributed by atoms with E-state index in [1.54, 1.807) is 45.4 Å². The molecule has 1 heterocycles. The molecule has 39 heavy (non-hydrogen) atoms. The number of nitrogens with one attached hydrogen (secondary N) is 3. The fourth-order valence-corrected chi connectivity index (χ4v) is 4.22. The second-order valence-electron chi connectivity index (χ2n) is 9.97. The molecular formula is C29H38FN7O2. The van der Waals surface area contributed by atoms with E-state index < -0.39 is 6.04 Å². The number of benzene rings is 1. The SMILES string of the molecule is CNc1nc(Nc2cccc(F)c2)ncc1C#C[C@@H]1CCC[C@H](NC(=O)[C@H](C)N(C)C(=O)/C=C/CN(C)C)C1. The molecule has 1 saturated carbocycles. The third kappa shape index (κ3) is 9.07. The van der Waals surface area contributed by atoms with Gasteiger partial charge in [-0.2, -0.15) is 4.98 Å². The number of nitrogens with zero attached hydrogens (tertiary/aromatic N) is 4. The zero-order valence-corrected chi connectivity index (χ0v) is 23.3. The van der Waals surface area contributed by atoms with Gasteiger partial charge in [-0.25, -0.2) is 9.37 Å². The largest absolute Gasteiger partial charge is 0.372 e. The van der Waals surface area contributed by atoms with Crippen molar-refractivity contribution in [3.05, 3.63) is 54.0 Å². The molecule has 208 valence electrons. The number of hydrogen-bond donors (Lipinski definition) is 3. The first-order valence-electron chi connectivity index (χ1n) is 13.1. The monoisotopic (exact) mass is 535 g/mol. The normalized spacial score (nSPS) is 17.7. The van der Waals surface area contributed by atoms with Crippen LogP contribution in [0, 0.1) is 23.6 Å². The van der Waals surface area contributed by atoms with Crippen LogP contribution in [0.3, 0.4) is 0 Å². The van der Waals surface area contributed by atoms with Gasteiger partial charge in [0.15, 0.2) is 0 Å². The van der Waals surface area contributed by atoms with E-state index in [-0.39, 0.29) is 29.6 Å². The number of halogens is 1. The molecule has 2 amide bonds. The molecule has 10 heteroatoms.